The highest BCUT2D eigenvalue weighted by Crippen LogP contribution is 2.56. The van der Waals surface area contributed by atoms with Crippen LogP contribution >= 0.6 is 0 Å². The highest BCUT2D eigenvalue weighted by molar-refractivity contribution is 5.86. The zero-order valence-corrected chi connectivity index (χ0v) is 25.8. The van der Waals surface area contributed by atoms with Gasteiger partial charge in [0.15, 0.2) is 12.6 Å². The first-order valence-electron chi connectivity index (χ1n) is 16.4. The van der Waals surface area contributed by atoms with E-state index >= 15 is 0 Å². The average Bonchev–Trinajstić information content (AvgIpc) is 3.41. The molecule has 0 saturated carbocycles. The highest BCUT2D eigenvalue weighted by atomic mass is 16.7. The summed E-state index contributed by atoms with van der Waals surface area (Å²) < 4.78 is 35.2. The van der Waals surface area contributed by atoms with Gasteiger partial charge < -0.3 is 28.4 Å². The third-order valence-electron chi connectivity index (χ3n) is 9.11. The summed E-state index contributed by atoms with van der Waals surface area (Å²) in [5.74, 6) is 1.65. The number of rotatable bonds is 12. The second kappa shape index (κ2) is 14.2. The molecule has 0 N–H and O–H groups in total. The fraction of sp³-hybridized carbons (Fsp3) is 0.385. The molecule has 0 radical (unpaired) electrons. The van der Waals surface area contributed by atoms with Crippen LogP contribution in [-0.4, -0.2) is 52.2 Å². The molecule has 0 aromatic heterocycles. The molecule has 6 heteroatoms. The fourth-order valence-electron chi connectivity index (χ4n) is 6.99. The van der Waals surface area contributed by atoms with E-state index in [9.17, 15) is 0 Å². The van der Waals surface area contributed by atoms with Crippen molar-refractivity contribution in [3.63, 3.8) is 0 Å². The number of hydrogen-bond acceptors (Lipinski definition) is 6. The van der Waals surface area contributed by atoms with E-state index in [2.05, 4.69) is 97.1 Å². The SMILES string of the molecule is c1ccc2c(c1)-c1ccccc1C2(c1ccc(OCCOC2CCCCO2)cc1)c1ccc(OCCOC2CCCCO2)cc1. The van der Waals surface area contributed by atoms with E-state index in [1.54, 1.807) is 0 Å². The van der Waals surface area contributed by atoms with E-state index < -0.39 is 5.41 Å². The van der Waals surface area contributed by atoms with Gasteiger partial charge in [0, 0.05) is 13.2 Å². The third kappa shape index (κ3) is 6.38. The molecule has 3 aliphatic rings. The van der Waals surface area contributed by atoms with Crippen molar-refractivity contribution in [1.82, 2.24) is 0 Å². The van der Waals surface area contributed by atoms with Crippen molar-refractivity contribution in [3.05, 3.63) is 119 Å². The molecule has 7 rings (SSSR count). The summed E-state index contributed by atoms with van der Waals surface area (Å²) in [7, 11) is 0. The van der Waals surface area contributed by atoms with Gasteiger partial charge in [-0.2, -0.15) is 0 Å². The van der Waals surface area contributed by atoms with E-state index in [0.717, 1.165) is 63.2 Å². The Kier molecular flexibility index (Phi) is 9.45. The Morgan fingerprint density at radius 2 is 0.956 bits per heavy atom. The maximum Gasteiger partial charge on any atom is 0.157 e. The average molecular weight is 607 g/mol. The Labute approximate surface area is 266 Å². The number of fused-ring (bicyclic) bond motifs is 3. The van der Waals surface area contributed by atoms with Crippen LogP contribution in [0.2, 0.25) is 0 Å². The summed E-state index contributed by atoms with van der Waals surface area (Å²) in [5, 5.41) is 0. The molecule has 2 unspecified atom stereocenters. The van der Waals surface area contributed by atoms with Crippen molar-refractivity contribution in [1.29, 1.82) is 0 Å². The lowest BCUT2D eigenvalue weighted by atomic mass is 9.68. The van der Waals surface area contributed by atoms with Crippen LogP contribution in [0.5, 0.6) is 11.5 Å². The van der Waals surface area contributed by atoms with Gasteiger partial charge in [-0.05, 0) is 96.2 Å². The van der Waals surface area contributed by atoms with Crippen molar-refractivity contribution >= 4 is 0 Å². The summed E-state index contributed by atoms with van der Waals surface area (Å²) in [6, 6.07) is 34.6. The van der Waals surface area contributed by atoms with Gasteiger partial charge >= 0.3 is 0 Å². The Bertz CT molecular complexity index is 1400. The monoisotopic (exact) mass is 606 g/mol. The van der Waals surface area contributed by atoms with E-state index in [1.165, 1.54) is 33.4 Å². The van der Waals surface area contributed by atoms with E-state index in [-0.39, 0.29) is 12.6 Å². The summed E-state index contributed by atoms with van der Waals surface area (Å²) in [4.78, 5) is 0. The summed E-state index contributed by atoms with van der Waals surface area (Å²) in [5.41, 5.74) is 6.97. The van der Waals surface area contributed by atoms with Crippen LogP contribution in [0.1, 0.15) is 60.8 Å². The first-order chi connectivity index (χ1) is 22.3. The van der Waals surface area contributed by atoms with Crippen LogP contribution in [0, 0.1) is 0 Å². The minimum absolute atomic E-state index is 0.103. The third-order valence-corrected chi connectivity index (χ3v) is 9.11. The zero-order chi connectivity index (χ0) is 30.3. The molecular formula is C39H42O6. The summed E-state index contributed by atoms with van der Waals surface area (Å²) in [6.07, 6.45) is 6.24. The number of hydrogen-bond donors (Lipinski definition) is 0. The largest absolute Gasteiger partial charge is 0.491 e. The molecule has 0 bridgehead atoms. The van der Waals surface area contributed by atoms with Crippen LogP contribution in [-0.2, 0) is 24.4 Å². The molecule has 0 amide bonds. The van der Waals surface area contributed by atoms with Crippen molar-refractivity contribution in [2.24, 2.45) is 0 Å². The maximum atomic E-state index is 6.08. The van der Waals surface area contributed by atoms with Gasteiger partial charge in [0.1, 0.15) is 24.7 Å². The smallest absolute Gasteiger partial charge is 0.157 e. The summed E-state index contributed by atoms with van der Waals surface area (Å²) in [6.45, 7) is 3.54. The van der Waals surface area contributed by atoms with Gasteiger partial charge in [-0.25, -0.2) is 0 Å². The Balaban J connectivity index is 1.11. The van der Waals surface area contributed by atoms with Gasteiger partial charge in [0.2, 0.25) is 0 Å². The zero-order valence-electron chi connectivity index (χ0n) is 25.8. The molecule has 2 aliphatic heterocycles. The molecule has 4 aromatic rings. The molecule has 2 fully saturated rings. The molecular weight excluding hydrogens is 564 g/mol. The van der Waals surface area contributed by atoms with Gasteiger partial charge in [0.25, 0.3) is 0 Å². The van der Waals surface area contributed by atoms with E-state index in [1.807, 2.05) is 0 Å². The first kappa shape index (κ1) is 30.0. The lowest BCUT2D eigenvalue weighted by Crippen LogP contribution is -2.28. The lowest BCUT2D eigenvalue weighted by Gasteiger charge is -2.34. The van der Waals surface area contributed by atoms with Crippen molar-refractivity contribution < 1.29 is 28.4 Å². The molecule has 234 valence electrons. The van der Waals surface area contributed by atoms with Crippen LogP contribution in [0.15, 0.2) is 97.1 Å². The van der Waals surface area contributed by atoms with Gasteiger partial charge in [-0.15, -0.1) is 0 Å². The minimum atomic E-state index is -0.479. The molecule has 2 saturated heterocycles. The van der Waals surface area contributed by atoms with E-state index in [4.69, 9.17) is 28.4 Å². The van der Waals surface area contributed by atoms with E-state index in [0.29, 0.717) is 26.4 Å². The normalized spacial score (nSPS) is 20.3. The van der Waals surface area contributed by atoms with Crippen molar-refractivity contribution in [2.75, 3.05) is 39.6 Å². The van der Waals surface area contributed by atoms with Crippen LogP contribution in [0.3, 0.4) is 0 Å². The maximum absolute atomic E-state index is 6.08. The number of ether oxygens (including phenoxy) is 6. The summed E-state index contributed by atoms with van der Waals surface area (Å²) >= 11 is 0. The fourth-order valence-corrected chi connectivity index (χ4v) is 6.99. The Morgan fingerprint density at radius 1 is 0.511 bits per heavy atom. The molecule has 45 heavy (non-hydrogen) atoms. The molecule has 4 aromatic carbocycles. The number of benzene rings is 4. The minimum Gasteiger partial charge on any atom is -0.491 e. The molecule has 6 nitrogen and oxygen atoms in total. The Morgan fingerprint density at radius 3 is 1.38 bits per heavy atom. The van der Waals surface area contributed by atoms with Crippen LogP contribution in [0.25, 0.3) is 11.1 Å². The predicted octanol–water partition coefficient (Wildman–Crippen LogP) is 7.89. The van der Waals surface area contributed by atoms with Crippen LogP contribution < -0.4 is 9.47 Å². The lowest BCUT2D eigenvalue weighted by molar-refractivity contribution is -0.165. The molecule has 0 spiro atoms. The van der Waals surface area contributed by atoms with Crippen molar-refractivity contribution in [2.45, 2.75) is 56.5 Å². The standard InChI is InChI=1S/C39H42O6/c1-3-11-35-33(9-1)34-10-2-4-12-36(34)39(35,29-15-19-31(20-16-29)40-25-27-44-37-13-5-7-23-42-37)30-17-21-32(22-18-30)41-26-28-45-38-14-6-8-24-43-38/h1-4,9-12,15-22,37-38H,5-8,13-14,23-28H2. The van der Waals surface area contributed by atoms with Crippen LogP contribution in [0.4, 0.5) is 0 Å². The quantitative estimate of drug-likeness (QED) is 0.135. The van der Waals surface area contributed by atoms with Gasteiger partial charge in [0.05, 0.1) is 18.6 Å². The Hall–Kier alpha value is -3.68. The second-order valence-electron chi connectivity index (χ2n) is 11.9. The first-order valence-corrected chi connectivity index (χ1v) is 16.4. The predicted molar refractivity (Wildman–Crippen MR) is 174 cm³/mol. The highest BCUT2D eigenvalue weighted by Gasteiger charge is 2.45. The molecule has 2 heterocycles. The molecule has 1 aliphatic carbocycles. The molecule has 2 atom stereocenters. The van der Waals surface area contributed by atoms with Crippen molar-refractivity contribution in [3.8, 4) is 22.6 Å². The second-order valence-corrected chi connectivity index (χ2v) is 11.9. The topological polar surface area (TPSA) is 55.4 Å². The van der Waals surface area contributed by atoms with Gasteiger partial charge in [-0.3, -0.25) is 0 Å². The van der Waals surface area contributed by atoms with Gasteiger partial charge in [-0.1, -0.05) is 72.8 Å².